The van der Waals surface area contributed by atoms with Gasteiger partial charge in [0.05, 0.1) is 17.3 Å². The molecule has 1 fully saturated rings. The topological polar surface area (TPSA) is 30.0 Å². The molecule has 0 saturated heterocycles. The maximum Gasteiger partial charge on any atom is 0.198 e. The van der Waals surface area contributed by atoms with Crippen molar-refractivity contribution in [3.63, 3.8) is 0 Å². The van der Waals surface area contributed by atoms with Gasteiger partial charge in [0.25, 0.3) is 0 Å². The third kappa shape index (κ3) is 2.75. The highest BCUT2D eigenvalue weighted by Crippen LogP contribution is 2.44. The molecule has 3 rings (SSSR count). The monoisotopic (exact) mass is 307 g/mol. The van der Waals surface area contributed by atoms with Crippen molar-refractivity contribution in [1.29, 1.82) is 0 Å². The van der Waals surface area contributed by atoms with Gasteiger partial charge in [0.1, 0.15) is 11.5 Å². The minimum Gasteiger partial charge on any atom is -0.288 e. The quantitative estimate of drug-likeness (QED) is 0.773. The molecule has 5 heteroatoms. The highest BCUT2D eigenvalue weighted by atomic mass is 32.1. The van der Waals surface area contributed by atoms with Crippen molar-refractivity contribution in [2.45, 2.75) is 38.3 Å². The lowest BCUT2D eigenvalue weighted by Gasteiger charge is -2.15. The molecular weight excluding hydrogens is 292 g/mol. The normalized spacial score (nSPS) is 15.2. The van der Waals surface area contributed by atoms with Gasteiger partial charge >= 0.3 is 0 Å². The lowest BCUT2D eigenvalue weighted by Crippen LogP contribution is -2.12. The van der Waals surface area contributed by atoms with Crippen LogP contribution in [0.1, 0.15) is 59.0 Å². The first-order chi connectivity index (χ1) is 9.88. The van der Waals surface area contributed by atoms with Gasteiger partial charge in [0.2, 0.25) is 0 Å². The van der Waals surface area contributed by atoms with E-state index in [4.69, 9.17) is 0 Å². The van der Waals surface area contributed by atoms with Gasteiger partial charge in [0, 0.05) is 4.88 Å². The summed E-state index contributed by atoms with van der Waals surface area (Å²) in [6.07, 6.45) is 3.62. The van der Waals surface area contributed by atoms with Crippen molar-refractivity contribution in [2.75, 3.05) is 0 Å². The van der Waals surface area contributed by atoms with Gasteiger partial charge in [-0.1, -0.05) is 6.07 Å². The molecule has 21 heavy (non-hydrogen) atoms. The second kappa shape index (κ2) is 4.98. The Bertz CT molecular complexity index is 699. The Hall–Kier alpha value is -1.62. The van der Waals surface area contributed by atoms with Crippen molar-refractivity contribution < 1.29 is 13.6 Å². The summed E-state index contributed by atoms with van der Waals surface area (Å²) in [5.41, 5.74) is -0.952. The fourth-order valence-electron chi connectivity index (χ4n) is 2.27. The molecule has 2 nitrogen and oxygen atoms in total. The Kier molecular flexibility index (Phi) is 3.40. The summed E-state index contributed by atoms with van der Waals surface area (Å²) < 4.78 is 32.0. The number of ketones is 1. The molecule has 0 amide bonds. The maximum absolute atomic E-state index is 14.2. The summed E-state index contributed by atoms with van der Waals surface area (Å²) in [4.78, 5) is 13.4. The summed E-state index contributed by atoms with van der Waals surface area (Å²) in [6.45, 7) is 2.72. The van der Waals surface area contributed by atoms with Gasteiger partial charge in [0.15, 0.2) is 5.78 Å². The molecule has 1 heterocycles. The fraction of sp³-hybridized carbons (Fsp3) is 0.375. The number of benzene rings is 1. The van der Waals surface area contributed by atoms with E-state index in [2.05, 4.69) is 4.37 Å². The molecule has 0 N–H and O–H groups in total. The molecule has 1 aromatic heterocycles. The summed E-state index contributed by atoms with van der Waals surface area (Å²) in [6, 6.07) is 3.93. The number of halogens is 2. The molecule has 0 unspecified atom stereocenters. The Morgan fingerprint density at radius 3 is 2.62 bits per heavy atom. The van der Waals surface area contributed by atoms with E-state index in [0.29, 0.717) is 11.5 Å². The van der Waals surface area contributed by atoms with Crippen LogP contribution in [0.15, 0.2) is 24.4 Å². The zero-order chi connectivity index (χ0) is 15.2. The number of aromatic nitrogens is 1. The third-order valence-corrected chi connectivity index (χ3v) is 4.65. The molecule has 1 saturated carbocycles. The first-order valence-corrected chi connectivity index (χ1v) is 7.63. The van der Waals surface area contributed by atoms with Gasteiger partial charge < -0.3 is 0 Å². The van der Waals surface area contributed by atoms with Crippen LogP contribution in [0, 0.1) is 5.82 Å². The van der Waals surface area contributed by atoms with E-state index in [1.807, 2.05) is 0 Å². The predicted molar refractivity (Wildman–Crippen MR) is 78.1 cm³/mol. The van der Waals surface area contributed by atoms with Crippen LogP contribution >= 0.6 is 11.5 Å². The van der Waals surface area contributed by atoms with E-state index in [1.165, 1.54) is 43.7 Å². The zero-order valence-electron chi connectivity index (χ0n) is 11.8. The van der Waals surface area contributed by atoms with Gasteiger partial charge in [-0.3, -0.25) is 4.79 Å². The fourth-order valence-corrected chi connectivity index (χ4v) is 3.17. The number of rotatable bonds is 4. The molecule has 0 aliphatic heterocycles. The van der Waals surface area contributed by atoms with Crippen LogP contribution in [0.4, 0.5) is 8.78 Å². The Morgan fingerprint density at radius 2 is 2.05 bits per heavy atom. The number of carbonyl (C=O) groups excluding carboxylic acids is 1. The summed E-state index contributed by atoms with van der Waals surface area (Å²) in [7, 11) is 0. The van der Waals surface area contributed by atoms with Gasteiger partial charge in [-0.15, -0.1) is 0 Å². The smallest absolute Gasteiger partial charge is 0.198 e. The molecule has 0 bridgehead atoms. The summed E-state index contributed by atoms with van der Waals surface area (Å²) in [5, 5.41) is 0. The molecular formula is C16H15F2NOS. The average molecular weight is 307 g/mol. The van der Waals surface area contributed by atoms with Crippen LogP contribution in [0.3, 0.4) is 0 Å². The molecule has 110 valence electrons. The van der Waals surface area contributed by atoms with E-state index >= 15 is 0 Å². The molecule has 0 radical (unpaired) electrons. The first-order valence-electron chi connectivity index (χ1n) is 6.86. The molecule has 2 aromatic rings. The summed E-state index contributed by atoms with van der Waals surface area (Å²) >= 11 is 1.30. The number of hydrogen-bond acceptors (Lipinski definition) is 3. The Labute approximate surface area is 126 Å². The predicted octanol–water partition coefficient (Wildman–Crippen LogP) is 4.60. The van der Waals surface area contributed by atoms with Crippen LogP contribution in [-0.4, -0.2) is 10.2 Å². The van der Waals surface area contributed by atoms with Crippen molar-refractivity contribution in [2.24, 2.45) is 0 Å². The van der Waals surface area contributed by atoms with Crippen LogP contribution in [-0.2, 0) is 5.67 Å². The largest absolute Gasteiger partial charge is 0.288 e. The summed E-state index contributed by atoms with van der Waals surface area (Å²) in [5.74, 6) is -0.661. The highest BCUT2D eigenvalue weighted by Gasteiger charge is 2.31. The minimum absolute atomic E-state index is 0.0231. The molecule has 0 spiro atoms. The van der Waals surface area contributed by atoms with E-state index in [-0.39, 0.29) is 16.9 Å². The van der Waals surface area contributed by atoms with Crippen LogP contribution < -0.4 is 0 Å². The van der Waals surface area contributed by atoms with Gasteiger partial charge in [-0.25, -0.2) is 13.2 Å². The lowest BCUT2D eigenvalue weighted by atomic mass is 9.96. The van der Waals surface area contributed by atoms with E-state index < -0.39 is 11.5 Å². The Balaban J connectivity index is 1.96. The van der Waals surface area contributed by atoms with E-state index in [0.717, 1.165) is 23.8 Å². The van der Waals surface area contributed by atoms with Crippen molar-refractivity contribution in [1.82, 2.24) is 4.37 Å². The van der Waals surface area contributed by atoms with E-state index in [9.17, 15) is 13.6 Å². The lowest BCUT2D eigenvalue weighted by molar-refractivity contribution is 0.103. The number of nitrogens with zero attached hydrogens (tertiary/aromatic N) is 1. The second-order valence-corrected chi connectivity index (χ2v) is 6.71. The number of carbonyl (C=O) groups is 1. The highest BCUT2D eigenvalue weighted by molar-refractivity contribution is 7.06. The first kappa shape index (κ1) is 14.3. The molecule has 1 aromatic carbocycles. The van der Waals surface area contributed by atoms with Gasteiger partial charge in [-0.05, 0) is 61.8 Å². The molecule has 0 atom stereocenters. The maximum atomic E-state index is 14.2. The van der Waals surface area contributed by atoms with Gasteiger partial charge in [-0.2, -0.15) is 0 Å². The molecule has 1 aliphatic carbocycles. The average Bonchev–Trinajstić information content (AvgIpc) is 3.14. The third-order valence-electron chi connectivity index (χ3n) is 3.69. The standard InChI is InChI=1S/C16H15F2NOS/c1-16(2,18)10-5-6-11(13(17)7-10)14(20)12-8-19-21-15(12)9-3-4-9/h5-9H,3-4H2,1-2H3. The van der Waals surface area contributed by atoms with Crippen molar-refractivity contribution in [3.05, 3.63) is 51.8 Å². The number of hydrogen-bond donors (Lipinski definition) is 0. The van der Waals surface area contributed by atoms with Crippen LogP contribution in [0.2, 0.25) is 0 Å². The SMILES string of the molecule is CC(C)(F)c1ccc(C(=O)c2cnsc2C2CC2)c(F)c1. The van der Waals surface area contributed by atoms with Crippen LogP contribution in [0.25, 0.3) is 0 Å². The minimum atomic E-state index is -1.63. The zero-order valence-corrected chi connectivity index (χ0v) is 12.6. The Morgan fingerprint density at radius 1 is 1.33 bits per heavy atom. The number of alkyl halides is 1. The van der Waals surface area contributed by atoms with Crippen molar-refractivity contribution in [3.8, 4) is 0 Å². The second-order valence-electron chi connectivity index (χ2n) is 5.87. The van der Waals surface area contributed by atoms with Crippen LogP contribution in [0.5, 0.6) is 0 Å². The molecule has 1 aliphatic rings. The van der Waals surface area contributed by atoms with Crippen molar-refractivity contribution >= 4 is 17.3 Å². The van der Waals surface area contributed by atoms with E-state index in [1.54, 1.807) is 0 Å².